The molecule has 0 N–H and O–H groups in total. The summed E-state index contributed by atoms with van der Waals surface area (Å²) in [5, 5.41) is 0. The molecule has 5 heterocycles. The second kappa shape index (κ2) is 6.16. The van der Waals surface area contributed by atoms with Crippen molar-refractivity contribution in [1.29, 1.82) is 0 Å². The summed E-state index contributed by atoms with van der Waals surface area (Å²) in [7, 11) is 0. The van der Waals surface area contributed by atoms with Crippen LogP contribution < -0.4 is 0 Å². The fraction of sp³-hybridized carbons (Fsp3) is 0.476. The van der Waals surface area contributed by atoms with Crippen molar-refractivity contribution < 1.29 is 4.79 Å². The topological polar surface area (TPSA) is 49.3 Å². The van der Waals surface area contributed by atoms with Crippen LogP contribution in [0.3, 0.4) is 0 Å². The van der Waals surface area contributed by atoms with Gasteiger partial charge in [-0.15, -0.1) is 0 Å². The van der Waals surface area contributed by atoms with E-state index < -0.39 is 0 Å². The lowest BCUT2D eigenvalue weighted by atomic mass is 9.75. The Labute approximate surface area is 154 Å². The number of hydrogen-bond acceptors (Lipinski definition) is 4. The summed E-state index contributed by atoms with van der Waals surface area (Å²) in [4.78, 5) is 26.5. The highest BCUT2D eigenvalue weighted by Gasteiger charge is 2.54. The molecule has 0 saturated carbocycles. The standard InChI is InChI=1S/C21H24N4O/c1-14-22-11-17(12-23-14)21(26)25-13-18(15-5-3-2-4-6-15)20-19(25)16-7-9-24(20)10-8-16/h2-6,11-12,16,18-20H,7-10,13H2,1H3/t18-,19+,20+/m0/s1. The number of likely N-dealkylation sites (tertiary alicyclic amines) is 1. The number of aryl methyl sites for hydroxylation is 1. The van der Waals surface area contributed by atoms with E-state index in [1.807, 2.05) is 6.92 Å². The highest BCUT2D eigenvalue weighted by molar-refractivity contribution is 5.94. The summed E-state index contributed by atoms with van der Waals surface area (Å²) in [5.41, 5.74) is 1.96. The first kappa shape index (κ1) is 15.9. The zero-order chi connectivity index (χ0) is 17.7. The molecule has 4 aliphatic heterocycles. The largest absolute Gasteiger partial charge is 0.333 e. The summed E-state index contributed by atoms with van der Waals surface area (Å²) >= 11 is 0. The van der Waals surface area contributed by atoms with Crippen molar-refractivity contribution in [3.8, 4) is 0 Å². The van der Waals surface area contributed by atoms with Crippen molar-refractivity contribution in [2.45, 2.75) is 37.8 Å². The van der Waals surface area contributed by atoms with Crippen molar-refractivity contribution >= 4 is 5.91 Å². The van der Waals surface area contributed by atoms with Gasteiger partial charge in [-0.25, -0.2) is 9.97 Å². The van der Waals surface area contributed by atoms with E-state index in [2.05, 4.69) is 50.1 Å². The van der Waals surface area contributed by atoms with Crippen molar-refractivity contribution in [3.05, 3.63) is 59.7 Å². The number of aromatic nitrogens is 2. The molecule has 4 fully saturated rings. The first-order valence-corrected chi connectivity index (χ1v) is 9.61. The second-order valence-corrected chi connectivity index (χ2v) is 7.85. The number of piperidine rings is 3. The molecule has 134 valence electrons. The number of carbonyl (C=O) groups excluding carboxylic acids is 1. The third-order valence-electron chi connectivity index (χ3n) is 6.51. The Kier molecular flexibility index (Phi) is 3.78. The van der Waals surface area contributed by atoms with Crippen LogP contribution in [0.15, 0.2) is 42.7 Å². The average Bonchev–Trinajstić information content (AvgIpc) is 3.12. The van der Waals surface area contributed by atoms with E-state index in [0.717, 1.165) is 6.54 Å². The molecule has 0 radical (unpaired) electrons. The van der Waals surface area contributed by atoms with Gasteiger partial charge < -0.3 is 4.90 Å². The zero-order valence-electron chi connectivity index (χ0n) is 15.1. The summed E-state index contributed by atoms with van der Waals surface area (Å²) in [6.45, 7) is 4.98. The van der Waals surface area contributed by atoms with Crippen LogP contribution in [0.4, 0.5) is 0 Å². The van der Waals surface area contributed by atoms with E-state index in [1.54, 1.807) is 12.4 Å². The maximum Gasteiger partial charge on any atom is 0.257 e. The fourth-order valence-corrected chi connectivity index (χ4v) is 5.32. The van der Waals surface area contributed by atoms with Gasteiger partial charge in [0.15, 0.2) is 0 Å². The van der Waals surface area contributed by atoms with E-state index >= 15 is 0 Å². The van der Waals surface area contributed by atoms with Crippen molar-refractivity contribution in [1.82, 2.24) is 19.8 Å². The lowest BCUT2D eigenvalue weighted by Gasteiger charge is -2.51. The molecule has 26 heavy (non-hydrogen) atoms. The van der Waals surface area contributed by atoms with Gasteiger partial charge in [0.2, 0.25) is 0 Å². The van der Waals surface area contributed by atoms with Crippen LogP contribution in [0.2, 0.25) is 0 Å². The van der Waals surface area contributed by atoms with E-state index in [1.165, 1.54) is 31.5 Å². The Hall–Kier alpha value is -2.27. The van der Waals surface area contributed by atoms with E-state index in [4.69, 9.17) is 0 Å². The predicted molar refractivity (Wildman–Crippen MR) is 98.9 cm³/mol. The van der Waals surface area contributed by atoms with Crippen LogP contribution in [0.25, 0.3) is 0 Å². The van der Waals surface area contributed by atoms with Gasteiger partial charge in [-0.1, -0.05) is 30.3 Å². The lowest BCUT2D eigenvalue weighted by Crippen LogP contribution is -2.60. The molecule has 1 amide bonds. The average molecular weight is 348 g/mol. The van der Waals surface area contributed by atoms with Gasteiger partial charge in [-0.05, 0) is 44.3 Å². The Morgan fingerprint density at radius 3 is 2.42 bits per heavy atom. The van der Waals surface area contributed by atoms with Crippen LogP contribution in [-0.4, -0.2) is 57.4 Å². The number of benzene rings is 1. The third kappa shape index (κ3) is 2.45. The molecule has 0 spiro atoms. The van der Waals surface area contributed by atoms with Crippen LogP contribution in [0, 0.1) is 12.8 Å². The minimum atomic E-state index is 0.0900. The van der Waals surface area contributed by atoms with Gasteiger partial charge in [0.1, 0.15) is 5.82 Å². The number of amides is 1. The molecule has 2 bridgehead atoms. The van der Waals surface area contributed by atoms with Gasteiger partial charge in [0.25, 0.3) is 5.91 Å². The van der Waals surface area contributed by atoms with Crippen LogP contribution in [0.1, 0.15) is 40.5 Å². The van der Waals surface area contributed by atoms with E-state index in [9.17, 15) is 4.79 Å². The maximum atomic E-state index is 13.3. The number of rotatable bonds is 2. The summed E-state index contributed by atoms with van der Waals surface area (Å²) in [6, 6.07) is 11.5. The quantitative estimate of drug-likeness (QED) is 0.837. The zero-order valence-corrected chi connectivity index (χ0v) is 15.1. The van der Waals surface area contributed by atoms with E-state index in [0.29, 0.717) is 35.3 Å². The van der Waals surface area contributed by atoms with Gasteiger partial charge >= 0.3 is 0 Å². The molecule has 1 aromatic carbocycles. The minimum Gasteiger partial charge on any atom is -0.333 e. The number of fused-ring (bicyclic) bond motifs is 2. The summed E-state index contributed by atoms with van der Waals surface area (Å²) in [6.07, 6.45) is 5.77. The molecular weight excluding hydrogens is 324 g/mol. The molecular formula is C21H24N4O. The molecule has 0 aliphatic carbocycles. The first-order chi connectivity index (χ1) is 12.7. The van der Waals surface area contributed by atoms with Crippen molar-refractivity contribution in [2.24, 2.45) is 5.92 Å². The Morgan fingerprint density at radius 2 is 1.73 bits per heavy atom. The van der Waals surface area contributed by atoms with Gasteiger partial charge in [-0.2, -0.15) is 0 Å². The highest BCUT2D eigenvalue weighted by Crippen LogP contribution is 2.46. The lowest BCUT2D eigenvalue weighted by molar-refractivity contribution is -0.00343. The molecule has 4 saturated heterocycles. The molecule has 0 unspecified atom stereocenters. The molecule has 2 aromatic rings. The molecule has 6 rings (SSSR count). The molecule has 1 aromatic heterocycles. The smallest absolute Gasteiger partial charge is 0.257 e. The number of hydrogen-bond donors (Lipinski definition) is 0. The summed E-state index contributed by atoms with van der Waals surface area (Å²) in [5.74, 6) is 1.80. The molecule has 5 heteroatoms. The monoisotopic (exact) mass is 348 g/mol. The Bertz CT molecular complexity index is 799. The highest BCUT2D eigenvalue weighted by atomic mass is 16.2. The number of carbonyl (C=O) groups is 1. The van der Waals surface area contributed by atoms with Crippen LogP contribution >= 0.6 is 0 Å². The van der Waals surface area contributed by atoms with Gasteiger partial charge in [-0.3, -0.25) is 9.69 Å². The summed E-state index contributed by atoms with van der Waals surface area (Å²) < 4.78 is 0. The SMILES string of the molecule is Cc1ncc(C(=O)N2C[C@@H](c3ccccc3)[C@@H]3[C@H]2C2CCN3CC2)cn1. The molecule has 3 atom stereocenters. The normalized spacial score (nSPS) is 32.5. The molecule has 4 aliphatic rings. The van der Waals surface area contributed by atoms with Crippen molar-refractivity contribution in [3.63, 3.8) is 0 Å². The number of nitrogens with zero attached hydrogens (tertiary/aromatic N) is 4. The van der Waals surface area contributed by atoms with Crippen molar-refractivity contribution in [2.75, 3.05) is 19.6 Å². The molecule has 5 nitrogen and oxygen atoms in total. The second-order valence-electron chi connectivity index (χ2n) is 7.85. The first-order valence-electron chi connectivity index (χ1n) is 9.61. The Balaban J connectivity index is 1.52. The van der Waals surface area contributed by atoms with Crippen LogP contribution in [-0.2, 0) is 0 Å². The third-order valence-corrected chi connectivity index (χ3v) is 6.51. The maximum absolute atomic E-state index is 13.3. The fourth-order valence-electron chi connectivity index (χ4n) is 5.32. The van der Waals surface area contributed by atoms with E-state index in [-0.39, 0.29) is 5.91 Å². The van der Waals surface area contributed by atoms with Crippen LogP contribution in [0.5, 0.6) is 0 Å². The predicted octanol–water partition coefficient (Wildman–Crippen LogP) is 2.49. The minimum absolute atomic E-state index is 0.0900. The Morgan fingerprint density at radius 1 is 1.04 bits per heavy atom. The van der Waals surface area contributed by atoms with Gasteiger partial charge in [0.05, 0.1) is 11.6 Å². The van der Waals surface area contributed by atoms with Gasteiger partial charge in [0, 0.05) is 30.9 Å².